The second kappa shape index (κ2) is 23.0. The van der Waals surface area contributed by atoms with Crippen molar-refractivity contribution in [3.05, 3.63) is 16.7 Å². The van der Waals surface area contributed by atoms with Crippen LogP contribution < -0.4 is 40.7 Å². The Balaban J connectivity index is 0.000000928. The van der Waals surface area contributed by atoms with Crippen molar-refractivity contribution in [3.63, 3.8) is 0 Å². The van der Waals surface area contributed by atoms with Gasteiger partial charge in [0.2, 0.25) is 5.95 Å². The van der Waals surface area contributed by atoms with Gasteiger partial charge in [0.25, 0.3) is 13.4 Å². The van der Waals surface area contributed by atoms with Crippen LogP contribution in [0.1, 0.15) is 69.2 Å². The Hall–Kier alpha value is -1.83. The zero-order chi connectivity index (χ0) is 38.9. The molecule has 5 atom stereocenters. The molecule has 1 aliphatic heterocycles. The van der Waals surface area contributed by atoms with Crippen molar-refractivity contribution in [3.8, 4) is 0 Å². The number of fused-ring (bicyclic) bond motifs is 1. The van der Waals surface area contributed by atoms with Crippen LogP contribution in [0, 0.1) is 0 Å². The minimum absolute atomic E-state index is 0.0990. The zero-order valence-electron chi connectivity index (χ0n) is 31.3. The van der Waals surface area contributed by atoms with Crippen molar-refractivity contribution in [2.45, 2.75) is 93.3 Å². The second-order valence-electron chi connectivity index (χ2n) is 11.6. The van der Waals surface area contributed by atoms with Gasteiger partial charge in [-0.05, 0) is 69.2 Å². The number of hydrogen-bond donors (Lipinski definition) is 7. The fourth-order valence-corrected chi connectivity index (χ4v) is 6.61. The maximum absolute atomic E-state index is 11.9. The van der Waals surface area contributed by atoms with E-state index in [1.807, 2.05) is 0 Å². The molecule has 50 heavy (non-hydrogen) atoms. The van der Waals surface area contributed by atoms with Crippen LogP contribution in [0.3, 0.4) is 0 Å². The Morgan fingerprint density at radius 2 is 1.32 bits per heavy atom. The number of hydrogen-bond acceptors (Lipinski definition) is 14. The van der Waals surface area contributed by atoms with Gasteiger partial charge in [-0.15, -0.1) is 0 Å². The molecule has 3 rings (SSSR count). The number of anilines is 1. The summed E-state index contributed by atoms with van der Waals surface area (Å²) in [4.78, 5) is 59.1. The van der Waals surface area contributed by atoms with Crippen LogP contribution in [-0.4, -0.2) is 114 Å². The summed E-state index contributed by atoms with van der Waals surface area (Å²) in [6.07, 6.45) is -3.87. The zero-order valence-corrected chi connectivity index (χ0v) is 33.1. The number of imidazole rings is 1. The molecular formula is C29H62N8O11P2. The van der Waals surface area contributed by atoms with E-state index >= 15 is 0 Å². The molecule has 0 bridgehead atoms. The topological polar surface area (TPSA) is 274 Å². The quantitative estimate of drug-likeness (QED) is 0.0846. The molecule has 1 unspecified atom stereocenters. The molecule has 0 amide bonds. The first-order valence-electron chi connectivity index (χ1n) is 17.2. The molecule has 2 aromatic rings. The van der Waals surface area contributed by atoms with E-state index in [1.54, 1.807) is 14.7 Å². The van der Waals surface area contributed by atoms with Crippen molar-refractivity contribution in [1.82, 2.24) is 19.5 Å². The van der Waals surface area contributed by atoms with E-state index in [2.05, 4.69) is 86.1 Å². The number of aliphatic hydroxyl groups excluding tert-OH is 2. The third-order valence-corrected chi connectivity index (χ3v) is 10.7. The fourth-order valence-electron chi connectivity index (χ4n) is 5.11. The highest BCUT2D eigenvalue weighted by Crippen LogP contribution is 2.51. The van der Waals surface area contributed by atoms with Gasteiger partial charge in [0.05, 0.1) is 79.7 Å². The molecule has 0 spiro atoms. The minimum atomic E-state index is -5.90. The van der Waals surface area contributed by atoms with Crippen LogP contribution in [0.4, 0.5) is 5.95 Å². The van der Waals surface area contributed by atoms with Crippen LogP contribution in [0.15, 0.2) is 11.1 Å². The van der Waals surface area contributed by atoms with E-state index in [-0.39, 0.29) is 17.1 Å². The number of aromatic nitrogens is 4. The molecule has 1 saturated heterocycles. The Morgan fingerprint density at radius 3 is 1.68 bits per heavy atom. The monoisotopic (exact) mass is 760 g/mol. The number of H-pyrrole nitrogens is 1. The van der Waals surface area contributed by atoms with Gasteiger partial charge in [-0.3, -0.25) is 23.2 Å². The molecular weight excluding hydrogens is 698 g/mol. The van der Waals surface area contributed by atoms with E-state index < -0.39 is 51.8 Å². The predicted octanol–water partition coefficient (Wildman–Crippen LogP) is -4.38. The molecule has 1 aliphatic rings. The van der Waals surface area contributed by atoms with Crippen molar-refractivity contribution < 1.29 is 62.3 Å². The lowest BCUT2D eigenvalue weighted by Crippen LogP contribution is -3.11. The predicted molar refractivity (Wildman–Crippen MR) is 183 cm³/mol. The summed E-state index contributed by atoms with van der Waals surface area (Å²) in [5.74, 6) is -0.259. The number of nitrogens with one attached hydrogen (secondary N) is 4. The van der Waals surface area contributed by atoms with Crippen molar-refractivity contribution in [1.29, 1.82) is 0 Å². The molecule has 3 heterocycles. The fraction of sp³-hybridized carbons (Fsp3) is 0.828. The van der Waals surface area contributed by atoms with E-state index in [4.69, 9.17) is 10.5 Å². The van der Waals surface area contributed by atoms with Crippen LogP contribution in [0.2, 0.25) is 0 Å². The molecule has 0 saturated carbocycles. The Labute approximate surface area is 295 Å². The lowest BCUT2D eigenvalue weighted by molar-refractivity contribution is -0.894. The maximum Gasteiger partial charge on any atom is 0.280 e. The van der Waals surface area contributed by atoms with Gasteiger partial charge in [-0.1, -0.05) is 0 Å². The van der Waals surface area contributed by atoms with Crippen LogP contribution in [-0.2, 0) is 28.4 Å². The normalized spacial score (nSPS) is 21.7. The third kappa shape index (κ3) is 15.4. The number of rotatable bonds is 15. The third-order valence-electron chi connectivity index (χ3n) is 8.64. The SMILES string of the molecule is CC[NH+](CC)CC.CC[NH+](CC)CC.CC[NH+](CC)CC.C[C@@]1(n2cnc3c(=O)[nH]c(N)nc32)O[C@H](COP(=O)([O-])OP(=O)([O-])[O-])[C@@H](O)[C@H]1O. The average molecular weight is 761 g/mol. The molecule has 8 N–H and O–H groups in total. The van der Waals surface area contributed by atoms with Gasteiger partial charge in [0, 0.05) is 0 Å². The summed E-state index contributed by atoms with van der Waals surface area (Å²) in [7, 11) is -11.5. The maximum atomic E-state index is 11.9. The molecule has 294 valence electrons. The highest BCUT2D eigenvalue weighted by molar-refractivity contribution is 7.58. The number of nitrogens with two attached hydrogens (primary N) is 1. The summed E-state index contributed by atoms with van der Waals surface area (Å²) in [5, 5.41) is 20.6. The van der Waals surface area contributed by atoms with Crippen LogP contribution in [0.25, 0.3) is 11.2 Å². The van der Waals surface area contributed by atoms with Gasteiger partial charge in [-0.25, -0.2) is 4.98 Å². The highest BCUT2D eigenvalue weighted by Gasteiger charge is 2.53. The lowest BCUT2D eigenvalue weighted by Gasteiger charge is -2.35. The summed E-state index contributed by atoms with van der Waals surface area (Å²) in [6.45, 7) is 31.7. The molecule has 0 radical (unpaired) electrons. The number of ether oxygens (including phenoxy) is 1. The molecule has 21 heteroatoms. The van der Waals surface area contributed by atoms with Crippen molar-refractivity contribution >= 4 is 32.8 Å². The van der Waals surface area contributed by atoms with Gasteiger partial charge in [0.15, 0.2) is 16.9 Å². The van der Waals surface area contributed by atoms with E-state index in [0.717, 1.165) is 10.9 Å². The van der Waals surface area contributed by atoms with Crippen LogP contribution >= 0.6 is 15.6 Å². The number of aromatic amines is 1. The Kier molecular flexibility index (Phi) is 22.1. The largest absolute Gasteiger partial charge is 0.790 e. The van der Waals surface area contributed by atoms with Crippen LogP contribution in [0.5, 0.6) is 0 Å². The smallest absolute Gasteiger partial charge is 0.280 e. The Bertz CT molecular complexity index is 1340. The first kappa shape index (κ1) is 48.2. The van der Waals surface area contributed by atoms with Gasteiger partial charge in [-0.2, -0.15) is 4.98 Å². The van der Waals surface area contributed by atoms with Gasteiger partial charge >= 0.3 is 0 Å². The Morgan fingerprint density at radius 1 is 0.900 bits per heavy atom. The number of phosphoric ester groups is 1. The average Bonchev–Trinajstić information content (AvgIpc) is 3.58. The number of nitrogen functional groups attached to an aromatic ring is 1. The first-order valence-corrected chi connectivity index (χ1v) is 20.2. The van der Waals surface area contributed by atoms with E-state index in [9.17, 15) is 38.8 Å². The molecule has 0 aromatic carbocycles. The summed E-state index contributed by atoms with van der Waals surface area (Å²) >= 11 is 0. The number of quaternary nitrogens is 3. The highest BCUT2D eigenvalue weighted by atomic mass is 31.3. The van der Waals surface area contributed by atoms with Gasteiger partial charge < -0.3 is 59.2 Å². The number of nitrogens with zero attached hydrogens (tertiary/aromatic N) is 3. The molecule has 1 fully saturated rings. The summed E-state index contributed by atoms with van der Waals surface area (Å²) < 4.78 is 35.9. The van der Waals surface area contributed by atoms with Crippen molar-refractivity contribution in [2.24, 2.45) is 0 Å². The minimum Gasteiger partial charge on any atom is -0.790 e. The molecule has 0 aliphatic carbocycles. The summed E-state index contributed by atoms with van der Waals surface area (Å²) in [5.41, 5.74) is 2.76. The second-order valence-corrected chi connectivity index (χ2v) is 14.3. The molecule has 2 aromatic heterocycles. The van der Waals surface area contributed by atoms with E-state index in [1.165, 1.54) is 65.8 Å². The van der Waals surface area contributed by atoms with Gasteiger partial charge in [0.1, 0.15) is 18.3 Å². The lowest BCUT2D eigenvalue weighted by atomic mass is 10.0. The number of aliphatic hydroxyl groups is 2. The van der Waals surface area contributed by atoms with E-state index in [0.29, 0.717) is 0 Å². The summed E-state index contributed by atoms with van der Waals surface area (Å²) in [6, 6.07) is 0. The number of phosphoric acid groups is 2. The first-order chi connectivity index (χ1) is 23.3. The molecule has 19 nitrogen and oxygen atoms in total. The van der Waals surface area contributed by atoms with Crippen molar-refractivity contribution in [2.75, 3.05) is 71.2 Å². The standard InChI is InChI=1S/C11H17N5O11P2.3C6H15N/c1-11(16-3-13-5-8(16)14-10(12)15-9(5)19)7(18)6(17)4(26-11)2-25-29(23,24)27-28(20,21)22;3*1-4-7(5-2)6-3/h3-4,6-7,17-18H,2H2,1H3,(H,23,24)(H2,20,21,22)(H3,12,14,15,19);3*4-6H2,1-3H3/t4-,6-,7-,11-;;;/m1.../s1.